The Morgan fingerprint density at radius 2 is 2.05 bits per heavy atom. The van der Waals surface area contributed by atoms with Crippen molar-refractivity contribution in [1.82, 2.24) is 15.2 Å². The average molecular weight is 280 g/mol. The van der Waals surface area contributed by atoms with E-state index in [4.69, 9.17) is 0 Å². The fourth-order valence-electron chi connectivity index (χ4n) is 2.19. The van der Waals surface area contributed by atoms with E-state index in [2.05, 4.69) is 34.3 Å². The van der Waals surface area contributed by atoms with Crippen molar-refractivity contribution < 1.29 is 4.79 Å². The zero-order valence-corrected chi connectivity index (χ0v) is 11.9. The molecule has 0 saturated carbocycles. The standard InChI is InChI=1S/C16H16N4O/c1-10(2)14-9-12(11-5-3-4-6-13(11)18-14)16(21)19-15-7-8-17-20-15/h3-10H,1-2H3,(H2,17,19,20,21). The fourth-order valence-corrected chi connectivity index (χ4v) is 2.19. The van der Waals surface area contributed by atoms with E-state index in [1.54, 1.807) is 12.3 Å². The molecule has 0 spiro atoms. The minimum absolute atomic E-state index is 0.167. The number of hydrogen-bond acceptors (Lipinski definition) is 3. The van der Waals surface area contributed by atoms with Crippen LogP contribution in [0, 0.1) is 0 Å². The molecule has 106 valence electrons. The van der Waals surface area contributed by atoms with Crippen LogP contribution in [0.25, 0.3) is 10.9 Å². The van der Waals surface area contributed by atoms with Crippen LogP contribution in [0.2, 0.25) is 0 Å². The predicted octanol–water partition coefficient (Wildman–Crippen LogP) is 3.33. The highest BCUT2D eigenvalue weighted by Crippen LogP contribution is 2.23. The number of pyridine rings is 1. The van der Waals surface area contributed by atoms with Crippen molar-refractivity contribution in [3.05, 3.63) is 53.9 Å². The molecule has 0 atom stereocenters. The predicted molar refractivity (Wildman–Crippen MR) is 82.4 cm³/mol. The van der Waals surface area contributed by atoms with Crippen LogP contribution in [0.5, 0.6) is 0 Å². The van der Waals surface area contributed by atoms with Crippen LogP contribution in [0.1, 0.15) is 35.8 Å². The van der Waals surface area contributed by atoms with Gasteiger partial charge in [-0.15, -0.1) is 0 Å². The van der Waals surface area contributed by atoms with Gasteiger partial charge in [0.25, 0.3) is 5.91 Å². The second-order valence-electron chi connectivity index (χ2n) is 5.19. The van der Waals surface area contributed by atoms with Gasteiger partial charge in [0.1, 0.15) is 5.82 Å². The zero-order chi connectivity index (χ0) is 14.8. The maximum atomic E-state index is 12.5. The number of nitrogens with one attached hydrogen (secondary N) is 2. The molecule has 0 aliphatic carbocycles. The third kappa shape index (κ3) is 2.63. The molecule has 5 heteroatoms. The minimum Gasteiger partial charge on any atom is -0.307 e. The van der Waals surface area contributed by atoms with Crippen molar-refractivity contribution in [3.8, 4) is 0 Å². The first-order valence-electron chi connectivity index (χ1n) is 6.85. The molecule has 0 bridgehead atoms. The van der Waals surface area contributed by atoms with Gasteiger partial charge in [-0.3, -0.25) is 14.9 Å². The maximum Gasteiger partial charge on any atom is 0.257 e. The monoisotopic (exact) mass is 280 g/mol. The highest BCUT2D eigenvalue weighted by molar-refractivity contribution is 6.12. The molecule has 2 aromatic heterocycles. The fraction of sp³-hybridized carbons (Fsp3) is 0.188. The Morgan fingerprint density at radius 1 is 1.24 bits per heavy atom. The van der Waals surface area contributed by atoms with Crippen molar-refractivity contribution in [3.63, 3.8) is 0 Å². The summed E-state index contributed by atoms with van der Waals surface area (Å²) in [7, 11) is 0. The number of fused-ring (bicyclic) bond motifs is 1. The number of aromatic amines is 1. The second kappa shape index (κ2) is 5.36. The van der Waals surface area contributed by atoms with Crippen LogP contribution >= 0.6 is 0 Å². The van der Waals surface area contributed by atoms with Crippen LogP contribution in [0.3, 0.4) is 0 Å². The number of rotatable bonds is 3. The number of para-hydroxylation sites is 1. The topological polar surface area (TPSA) is 70.7 Å². The largest absolute Gasteiger partial charge is 0.307 e. The van der Waals surface area contributed by atoms with Gasteiger partial charge in [-0.1, -0.05) is 32.0 Å². The Bertz CT molecular complexity index is 778. The van der Waals surface area contributed by atoms with Crippen molar-refractivity contribution in [1.29, 1.82) is 0 Å². The summed E-state index contributed by atoms with van der Waals surface area (Å²) in [6.07, 6.45) is 1.60. The van der Waals surface area contributed by atoms with Gasteiger partial charge in [0, 0.05) is 17.1 Å². The van der Waals surface area contributed by atoms with E-state index in [1.807, 2.05) is 30.3 Å². The van der Waals surface area contributed by atoms with E-state index in [9.17, 15) is 4.79 Å². The van der Waals surface area contributed by atoms with Gasteiger partial charge in [0.2, 0.25) is 0 Å². The highest BCUT2D eigenvalue weighted by atomic mass is 16.1. The lowest BCUT2D eigenvalue weighted by molar-refractivity contribution is 0.102. The summed E-state index contributed by atoms with van der Waals surface area (Å²) in [6, 6.07) is 11.2. The Balaban J connectivity index is 2.09. The summed E-state index contributed by atoms with van der Waals surface area (Å²) >= 11 is 0. The molecule has 3 aromatic rings. The van der Waals surface area contributed by atoms with Gasteiger partial charge in [-0.2, -0.15) is 5.10 Å². The number of benzene rings is 1. The highest BCUT2D eigenvalue weighted by Gasteiger charge is 2.14. The summed E-state index contributed by atoms with van der Waals surface area (Å²) in [4.78, 5) is 17.1. The van der Waals surface area contributed by atoms with Crippen molar-refractivity contribution in [2.75, 3.05) is 5.32 Å². The van der Waals surface area contributed by atoms with Crippen LogP contribution in [-0.2, 0) is 0 Å². The second-order valence-corrected chi connectivity index (χ2v) is 5.19. The number of aromatic nitrogens is 3. The van der Waals surface area contributed by atoms with Crippen molar-refractivity contribution in [2.45, 2.75) is 19.8 Å². The number of anilines is 1. The lowest BCUT2D eigenvalue weighted by atomic mass is 10.0. The van der Waals surface area contributed by atoms with Gasteiger partial charge < -0.3 is 5.32 Å². The van der Waals surface area contributed by atoms with E-state index < -0.39 is 0 Å². The summed E-state index contributed by atoms with van der Waals surface area (Å²) < 4.78 is 0. The summed E-state index contributed by atoms with van der Waals surface area (Å²) in [5.74, 6) is 0.667. The van der Waals surface area contributed by atoms with Gasteiger partial charge in [-0.25, -0.2) is 0 Å². The average Bonchev–Trinajstić information content (AvgIpc) is 2.98. The lowest BCUT2D eigenvalue weighted by Crippen LogP contribution is -2.14. The molecule has 0 unspecified atom stereocenters. The van der Waals surface area contributed by atoms with Gasteiger partial charge >= 0.3 is 0 Å². The molecule has 0 fully saturated rings. The quantitative estimate of drug-likeness (QED) is 0.773. The van der Waals surface area contributed by atoms with Crippen molar-refractivity contribution >= 4 is 22.6 Å². The lowest BCUT2D eigenvalue weighted by Gasteiger charge is -2.11. The Morgan fingerprint density at radius 3 is 2.76 bits per heavy atom. The van der Waals surface area contributed by atoms with E-state index in [-0.39, 0.29) is 11.8 Å². The smallest absolute Gasteiger partial charge is 0.257 e. The third-order valence-electron chi connectivity index (χ3n) is 3.32. The Labute approximate surface area is 122 Å². The summed E-state index contributed by atoms with van der Waals surface area (Å²) in [6.45, 7) is 4.13. The Hall–Kier alpha value is -2.69. The number of hydrogen-bond donors (Lipinski definition) is 2. The number of carbonyl (C=O) groups is 1. The van der Waals surface area contributed by atoms with Gasteiger partial charge in [0.05, 0.1) is 17.3 Å². The molecule has 2 N–H and O–H groups in total. The number of carbonyl (C=O) groups excluding carboxylic acids is 1. The molecule has 0 aliphatic rings. The van der Waals surface area contributed by atoms with Crippen LogP contribution in [0.4, 0.5) is 5.82 Å². The number of nitrogens with zero attached hydrogens (tertiary/aromatic N) is 2. The molecule has 5 nitrogen and oxygen atoms in total. The van der Waals surface area contributed by atoms with E-state index in [0.29, 0.717) is 11.4 Å². The molecule has 0 saturated heterocycles. The van der Waals surface area contributed by atoms with Crippen LogP contribution in [-0.4, -0.2) is 21.1 Å². The SMILES string of the molecule is CC(C)c1cc(C(=O)Nc2ccn[nH]2)c2ccccc2n1. The molecule has 0 radical (unpaired) electrons. The molecule has 21 heavy (non-hydrogen) atoms. The molecule has 1 amide bonds. The first-order valence-corrected chi connectivity index (χ1v) is 6.85. The Kier molecular flexibility index (Phi) is 3.39. The summed E-state index contributed by atoms with van der Waals surface area (Å²) in [5, 5.41) is 10.2. The molecular formula is C16H16N4O. The summed E-state index contributed by atoms with van der Waals surface area (Å²) in [5.41, 5.74) is 2.36. The first-order chi connectivity index (χ1) is 10.1. The van der Waals surface area contributed by atoms with Crippen molar-refractivity contribution in [2.24, 2.45) is 0 Å². The van der Waals surface area contributed by atoms with Gasteiger partial charge in [0.15, 0.2) is 0 Å². The normalized spacial score (nSPS) is 11.0. The van der Waals surface area contributed by atoms with Crippen LogP contribution in [0.15, 0.2) is 42.6 Å². The number of H-pyrrole nitrogens is 1. The van der Waals surface area contributed by atoms with E-state index >= 15 is 0 Å². The molecule has 2 heterocycles. The molecule has 0 aliphatic heterocycles. The number of amides is 1. The minimum atomic E-state index is -0.167. The van der Waals surface area contributed by atoms with E-state index in [0.717, 1.165) is 16.6 Å². The third-order valence-corrected chi connectivity index (χ3v) is 3.32. The molecular weight excluding hydrogens is 264 g/mol. The van der Waals surface area contributed by atoms with E-state index in [1.165, 1.54) is 0 Å². The molecule has 3 rings (SSSR count). The van der Waals surface area contributed by atoms with Gasteiger partial charge in [-0.05, 0) is 18.1 Å². The first kappa shape index (κ1) is 13.3. The molecule has 1 aromatic carbocycles. The van der Waals surface area contributed by atoms with Crippen LogP contribution < -0.4 is 5.32 Å². The zero-order valence-electron chi connectivity index (χ0n) is 11.9. The maximum absolute atomic E-state index is 12.5.